The second-order valence-electron chi connectivity index (χ2n) is 1.99. The van der Waals surface area contributed by atoms with Crippen LogP contribution in [0.5, 0.6) is 0 Å². The van der Waals surface area contributed by atoms with Crippen LogP contribution >= 0.6 is 22.6 Å². The van der Waals surface area contributed by atoms with Crippen LogP contribution in [0.25, 0.3) is 11.5 Å². The van der Waals surface area contributed by atoms with Gasteiger partial charge in [0.05, 0.1) is 18.0 Å². The van der Waals surface area contributed by atoms with Crippen molar-refractivity contribution in [3.05, 3.63) is 22.4 Å². The number of nitrogens with zero attached hydrogens (tertiary/aromatic N) is 4. The van der Waals surface area contributed by atoms with Gasteiger partial charge in [-0.05, 0) is 6.07 Å². The summed E-state index contributed by atoms with van der Waals surface area (Å²) in [6.07, 6.45) is 3.15. The molecule has 0 aromatic carbocycles. The summed E-state index contributed by atoms with van der Waals surface area (Å²) in [7, 11) is 0. The number of halogens is 1. The zero-order valence-electron chi connectivity index (χ0n) is 5.81. The van der Waals surface area contributed by atoms with E-state index in [0.717, 1.165) is 5.56 Å². The number of hydrogen-bond acceptors (Lipinski definition) is 5. The Balaban J connectivity index is 2.45. The monoisotopic (exact) mass is 274 g/mol. The Morgan fingerprint density at radius 3 is 2.75 bits per heavy atom. The molecule has 0 spiro atoms. The molecule has 2 heterocycles. The summed E-state index contributed by atoms with van der Waals surface area (Å²) in [4.78, 5) is 0. The number of hydrogen-bond donors (Lipinski definition) is 0. The maximum atomic E-state index is 5.17. The van der Waals surface area contributed by atoms with E-state index in [2.05, 4.69) is 20.4 Å². The quantitative estimate of drug-likeness (QED) is 0.729. The molecule has 0 saturated carbocycles. The van der Waals surface area contributed by atoms with Gasteiger partial charge in [-0.25, -0.2) is 0 Å². The lowest BCUT2D eigenvalue weighted by Gasteiger charge is -1.88. The SMILES string of the molecule is Ic1nnc(-c2ccnnc2)o1. The second kappa shape index (κ2) is 3.13. The van der Waals surface area contributed by atoms with Crippen LogP contribution in [0.3, 0.4) is 0 Å². The zero-order valence-corrected chi connectivity index (χ0v) is 7.96. The minimum absolute atomic E-state index is 0.467. The summed E-state index contributed by atoms with van der Waals surface area (Å²) < 4.78 is 5.68. The predicted octanol–water partition coefficient (Wildman–Crippen LogP) is 1.13. The highest BCUT2D eigenvalue weighted by atomic mass is 127. The minimum Gasteiger partial charge on any atom is -0.412 e. The highest BCUT2D eigenvalue weighted by molar-refractivity contribution is 14.1. The van der Waals surface area contributed by atoms with Gasteiger partial charge >= 0.3 is 0 Å². The van der Waals surface area contributed by atoms with Crippen molar-refractivity contribution in [3.63, 3.8) is 0 Å². The summed E-state index contributed by atoms with van der Waals surface area (Å²) >= 11 is 1.95. The van der Waals surface area contributed by atoms with Crippen molar-refractivity contribution in [3.8, 4) is 11.5 Å². The van der Waals surface area contributed by atoms with Crippen molar-refractivity contribution in [2.75, 3.05) is 0 Å². The molecule has 0 aliphatic carbocycles. The molecule has 0 aliphatic rings. The van der Waals surface area contributed by atoms with Crippen molar-refractivity contribution >= 4 is 22.6 Å². The first-order chi connectivity index (χ1) is 5.86. The van der Waals surface area contributed by atoms with E-state index in [0.29, 0.717) is 9.79 Å². The predicted molar refractivity (Wildman–Crippen MR) is 48.0 cm³/mol. The van der Waals surface area contributed by atoms with Gasteiger partial charge < -0.3 is 4.42 Å². The number of rotatable bonds is 1. The molecule has 0 amide bonds. The molecule has 0 unspecified atom stereocenters. The van der Waals surface area contributed by atoms with Crippen LogP contribution in [-0.2, 0) is 0 Å². The van der Waals surface area contributed by atoms with Crippen LogP contribution in [0.1, 0.15) is 0 Å². The molecule has 0 bridgehead atoms. The highest BCUT2D eigenvalue weighted by Gasteiger charge is 2.05. The van der Waals surface area contributed by atoms with Gasteiger partial charge in [0.1, 0.15) is 0 Å². The van der Waals surface area contributed by atoms with Gasteiger partial charge in [-0.1, -0.05) is 0 Å². The molecule has 0 fully saturated rings. The Morgan fingerprint density at radius 1 is 1.25 bits per heavy atom. The van der Waals surface area contributed by atoms with Crippen molar-refractivity contribution < 1.29 is 4.42 Å². The van der Waals surface area contributed by atoms with Gasteiger partial charge in [-0.2, -0.15) is 10.2 Å². The third-order valence-electron chi connectivity index (χ3n) is 1.23. The molecule has 0 atom stereocenters. The fraction of sp³-hybridized carbons (Fsp3) is 0. The van der Waals surface area contributed by atoms with Gasteiger partial charge in [-0.15, -0.1) is 10.2 Å². The molecule has 60 valence electrons. The second-order valence-corrected chi connectivity index (χ2v) is 2.91. The van der Waals surface area contributed by atoms with E-state index in [1.807, 2.05) is 22.6 Å². The lowest BCUT2D eigenvalue weighted by molar-refractivity contribution is 0.536. The summed E-state index contributed by atoms with van der Waals surface area (Å²) in [5.41, 5.74) is 0.778. The first-order valence-electron chi connectivity index (χ1n) is 3.12. The largest absolute Gasteiger partial charge is 0.412 e. The van der Waals surface area contributed by atoms with Crippen LogP contribution in [0.4, 0.5) is 0 Å². The lowest BCUT2D eigenvalue weighted by Crippen LogP contribution is -1.81. The van der Waals surface area contributed by atoms with E-state index in [1.165, 1.54) is 0 Å². The van der Waals surface area contributed by atoms with E-state index in [1.54, 1.807) is 18.5 Å². The molecule has 0 aliphatic heterocycles. The van der Waals surface area contributed by atoms with Crippen LogP contribution in [0.15, 0.2) is 22.9 Å². The van der Waals surface area contributed by atoms with Crippen molar-refractivity contribution in [2.24, 2.45) is 0 Å². The van der Waals surface area contributed by atoms with E-state index in [-0.39, 0.29) is 0 Å². The standard InChI is InChI=1S/C6H3IN4O/c7-6-11-10-5(12-6)4-1-2-8-9-3-4/h1-3H. The molecule has 2 aromatic heterocycles. The van der Waals surface area contributed by atoms with Gasteiger partial charge in [0.2, 0.25) is 5.89 Å². The van der Waals surface area contributed by atoms with E-state index in [4.69, 9.17) is 4.42 Å². The van der Waals surface area contributed by atoms with Gasteiger partial charge in [0.15, 0.2) is 0 Å². The summed E-state index contributed by atoms with van der Waals surface area (Å²) in [5, 5.41) is 14.8. The van der Waals surface area contributed by atoms with Crippen LogP contribution in [-0.4, -0.2) is 20.4 Å². The fourth-order valence-electron chi connectivity index (χ4n) is 0.739. The molecule has 0 radical (unpaired) electrons. The molecule has 12 heavy (non-hydrogen) atoms. The van der Waals surface area contributed by atoms with Crippen molar-refractivity contribution in [2.45, 2.75) is 0 Å². The smallest absolute Gasteiger partial charge is 0.278 e. The first kappa shape index (κ1) is 7.59. The highest BCUT2D eigenvalue weighted by Crippen LogP contribution is 2.15. The molecule has 0 saturated heterocycles. The third kappa shape index (κ3) is 1.42. The van der Waals surface area contributed by atoms with E-state index >= 15 is 0 Å². The zero-order chi connectivity index (χ0) is 8.39. The van der Waals surface area contributed by atoms with Crippen LogP contribution in [0, 0.1) is 3.90 Å². The molecule has 2 aromatic rings. The average molecular weight is 274 g/mol. The van der Waals surface area contributed by atoms with Crippen molar-refractivity contribution in [1.29, 1.82) is 0 Å². The summed E-state index contributed by atoms with van der Waals surface area (Å²) in [6, 6.07) is 1.76. The average Bonchev–Trinajstić information content (AvgIpc) is 2.54. The fourth-order valence-corrected chi connectivity index (χ4v) is 1.06. The Hall–Kier alpha value is -1.05. The topological polar surface area (TPSA) is 64.7 Å². The molecular weight excluding hydrogens is 271 g/mol. The Morgan fingerprint density at radius 2 is 2.17 bits per heavy atom. The molecular formula is C6H3IN4O. The molecule has 6 heteroatoms. The van der Waals surface area contributed by atoms with Gasteiger partial charge in [-0.3, -0.25) is 0 Å². The summed E-state index contributed by atoms with van der Waals surface area (Å²) in [5.74, 6) is 0.467. The lowest BCUT2D eigenvalue weighted by atomic mass is 10.3. The van der Waals surface area contributed by atoms with Crippen LogP contribution < -0.4 is 0 Å². The Labute approximate surface area is 81.4 Å². The number of aromatic nitrogens is 4. The maximum Gasteiger partial charge on any atom is 0.278 e. The molecule has 2 rings (SSSR count). The van der Waals surface area contributed by atoms with Crippen molar-refractivity contribution in [1.82, 2.24) is 20.4 Å². The normalized spacial score (nSPS) is 10.1. The van der Waals surface area contributed by atoms with Gasteiger partial charge in [0, 0.05) is 22.6 Å². The Bertz CT molecular complexity index is 374. The minimum atomic E-state index is 0.467. The first-order valence-corrected chi connectivity index (χ1v) is 4.20. The Kier molecular flexibility index (Phi) is 1.98. The van der Waals surface area contributed by atoms with E-state index in [9.17, 15) is 0 Å². The van der Waals surface area contributed by atoms with Gasteiger partial charge in [0.25, 0.3) is 3.90 Å². The molecule has 0 N–H and O–H groups in total. The molecule has 5 nitrogen and oxygen atoms in total. The van der Waals surface area contributed by atoms with E-state index < -0.39 is 0 Å². The maximum absolute atomic E-state index is 5.17. The van der Waals surface area contributed by atoms with Crippen LogP contribution in [0.2, 0.25) is 0 Å². The summed E-state index contributed by atoms with van der Waals surface area (Å²) in [6.45, 7) is 0. The third-order valence-corrected chi connectivity index (χ3v) is 1.67.